The van der Waals surface area contributed by atoms with E-state index in [1.54, 1.807) is 18.2 Å². The quantitative estimate of drug-likeness (QED) is 0.821. The first-order chi connectivity index (χ1) is 6.15. The highest BCUT2D eigenvalue weighted by atomic mass is 35.5. The molecule has 0 aromatic heterocycles. The van der Waals surface area contributed by atoms with Crippen LogP contribution in [0.25, 0.3) is 0 Å². The minimum atomic E-state index is -0.556. The molecule has 13 heavy (non-hydrogen) atoms. The van der Waals surface area contributed by atoms with Gasteiger partial charge < -0.3 is 10.8 Å². The molecule has 4 heteroatoms. The molecule has 1 atom stereocenters. The molecular weight excluding hydrogens is 209 g/mol. The number of benzene rings is 1. The van der Waals surface area contributed by atoms with Gasteiger partial charge in [-0.05, 0) is 30.7 Å². The lowest BCUT2D eigenvalue weighted by molar-refractivity contribution is 0.170. The number of hydrogen-bond donors (Lipinski definition) is 2. The largest absolute Gasteiger partial charge is 0.388 e. The Labute approximate surface area is 87.3 Å². The minimum absolute atomic E-state index is 0.446. The standard InChI is InChI=1S/C9H11Cl2NO/c10-7-2-1-6(5-8(7)11)9(13)3-4-12/h1-2,5,9,13H,3-4,12H2/t9-/m0/s1. The second kappa shape index (κ2) is 4.82. The van der Waals surface area contributed by atoms with Crippen LogP contribution in [0.3, 0.4) is 0 Å². The van der Waals surface area contributed by atoms with E-state index in [0.717, 1.165) is 5.56 Å². The van der Waals surface area contributed by atoms with E-state index < -0.39 is 6.10 Å². The molecule has 0 radical (unpaired) electrons. The molecule has 0 bridgehead atoms. The lowest BCUT2D eigenvalue weighted by Gasteiger charge is -2.09. The van der Waals surface area contributed by atoms with Crippen molar-refractivity contribution in [2.75, 3.05) is 6.54 Å². The molecule has 0 saturated carbocycles. The second-order valence-corrected chi connectivity index (χ2v) is 3.58. The lowest BCUT2D eigenvalue weighted by Crippen LogP contribution is -2.06. The summed E-state index contributed by atoms with van der Waals surface area (Å²) in [5.41, 5.74) is 6.07. The molecule has 0 aliphatic carbocycles. The van der Waals surface area contributed by atoms with Crippen molar-refractivity contribution >= 4 is 23.2 Å². The average Bonchev–Trinajstić information content (AvgIpc) is 2.10. The zero-order chi connectivity index (χ0) is 9.84. The Morgan fingerprint density at radius 1 is 1.31 bits per heavy atom. The monoisotopic (exact) mass is 219 g/mol. The van der Waals surface area contributed by atoms with Gasteiger partial charge in [-0.2, -0.15) is 0 Å². The Kier molecular flexibility index (Phi) is 4.00. The highest BCUT2D eigenvalue weighted by Gasteiger charge is 2.07. The SMILES string of the molecule is NCC[C@H](O)c1ccc(Cl)c(Cl)c1. The van der Waals surface area contributed by atoms with E-state index in [0.29, 0.717) is 23.0 Å². The third-order valence-corrected chi connectivity index (χ3v) is 2.51. The van der Waals surface area contributed by atoms with Crippen LogP contribution in [0.4, 0.5) is 0 Å². The van der Waals surface area contributed by atoms with E-state index >= 15 is 0 Å². The lowest BCUT2D eigenvalue weighted by atomic mass is 10.1. The van der Waals surface area contributed by atoms with Crippen LogP contribution >= 0.6 is 23.2 Å². The summed E-state index contributed by atoms with van der Waals surface area (Å²) < 4.78 is 0. The Morgan fingerprint density at radius 3 is 2.54 bits per heavy atom. The molecule has 0 saturated heterocycles. The van der Waals surface area contributed by atoms with Crippen molar-refractivity contribution in [1.29, 1.82) is 0 Å². The number of rotatable bonds is 3. The second-order valence-electron chi connectivity index (χ2n) is 2.77. The minimum Gasteiger partial charge on any atom is -0.388 e. The van der Waals surface area contributed by atoms with E-state index in [9.17, 15) is 5.11 Å². The molecule has 0 unspecified atom stereocenters. The van der Waals surface area contributed by atoms with Gasteiger partial charge in [0.1, 0.15) is 0 Å². The first-order valence-corrected chi connectivity index (χ1v) is 4.74. The normalized spacial score (nSPS) is 12.9. The Bertz CT molecular complexity index is 291. The number of aliphatic hydroxyl groups excluding tert-OH is 1. The van der Waals surface area contributed by atoms with Gasteiger partial charge in [0.15, 0.2) is 0 Å². The van der Waals surface area contributed by atoms with Crippen LogP contribution in [-0.4, -0.2) is 11.7 Å². The Morgan fingerprint density at radius 2 is 2.00 bits per heavy atom. The van der Waals surface area contributed by atoms with Gasteiger partial charge in [0, 0.05) is 0 Å². The molecule has 0 fully saturated rings. The van der Waals surface area contributed by atoms with Gasteiger partial charge in [0.05, 0.1) is 16.1 Å². The van der Waals surface area contributed by atoms with E-state index in [1.807, 2.05) is 0 Å². The van der Waals surface area contributed by atoms with Crippen molar-refractivity contribution in [2.24, 2.45) is 5.73 Å². The molecule has 0 spiro atoms. The van der Waals surface area contributed by atoms with Gasteiger partial charge >= 0.3 is 0 Å². The Hall–Kier alpha value is -0.280. The van der Waals surface area contributed by atoms with Crippen molar-refractivity contribution in [2.45, 2.75) is 12.5 Å². The van der Waals surface area contributed by atoms with Crippen molar-refractivity contribution < 1.29 is 5.11 Å². The van der Waals surface area contributed by atoms with Crippen molar-refractivity contribution in [3.05, 3.63) is 33.8 Å². The topological polar surface area (TPSA) is 46.2 Å². The van der Waals surface area contributed by atoms with Crippen LogP contribution in [-0.2, 0) is 0 Å². The average molecular weight is 220 g/mol. The van der Waals surface area contributed by atoms with Gasteiger partial charge in [0.2, 0.25) is 0 Å². The number of nitrogens with two attached hydrogens (primary N) is 1. The van der Waals surface area contributed by atoms with E-state index in [1.165, 1.54) is 0 Å². The third-order valence-electron chi connectivity index (χ3n) is 1.77. The molecular formula is C9H11Cl2NO. The molecule has 3 N–H and O–H groups in total. The van der Waals surface area contributed by atoms with Gasteiger partial charge in [-0.25, -0.2) is 0 Å². The van der Waals surface area contributed by atoms with Crippen molar-refractivity contribution in [3.8, 4) is 0 Å². The summed E-state index contributed by atoms with van der Waals surface area (Å²) in [5.74, 6) is 0. The van der Waals surface area contributed by atoms with Crippen LogP contribution in [0.15, 0.2) is 18.2 Å². The molecule has 1 aromatic rings. The van der Waals surface area contributed by atoms with E-state index in [2.05, 4.69) is 0 Å². The molecule has 2 nitrogen and oxygen atoms in total. The molecule has 0 heterocycles. The fraction of sp³-hybridized carbons (Fsp3) is 0.333. The molecule has 1 aromatic carbocycles. The zero-order valence-corrected chi connectivity index (χ0v) is 8.52. The summed E-state index contributed by atoms with van der Waals surface area (Å²) in [6.45, 7) is 0.446. The van der Waals surface area contributed by atoms with Gasteiger partial charge in [-0.1, -0.05) is 29.3 Å². The van der Waals surface area contributed by atoms with Crippen LogP contribution in [0, 0.1) is 0 Å². The van der Waals surface area contributed by atoms with E-state index in [4.69, 9.17) is 28.9 Å². The smallest absolute Gasteiger partial charge is 0.0802 e. The molecule has 0 amide bonds. The molecule has 1 rings (SSSR count). The molecule has 72 valence electrons. The van der Waals surface area contributed by atoms with Crippen LogP contribution in [0.2, 0.25) is 10.0 Å². The van der Waals surface area contributed by atoms with Gasteiger partial charge in [0.25, 0.3) is 0 Å². The summed E-state index contributed by atoms with van der Waals surface area (Å²) in [4.78, 5) is 0. The maximum absolute atomic E-state index is 9.55. The van der Waals surface area contributed by atoms with Crippen LogP contribution in [0.5, 0.6) is 0 Å². The maximum atomic E-state index is 9.55. The van der Waals surface area contributed by atoms with Crippen molar-refractivity contribution in [1.82, 2.24) is 0 Å². The number of hydrogen-bond acceptors (Lipinski definition) is 2. The molecule has 0 aliphatic rings. The summed E-state index contributed by atoms with van der Waals surface area (Å²) in [6.07, 6.45) is -0.0300. The fourth-order valence-electron chi connectivity index (χ4n) is 1.04. The summed E-state index contributed by atoms with van der Waals surface area (Å²) in [7, 11) is 0. The fourth-order valence-corrected chi connectivity index (χ4v) is 1.35. The zero-order valence-electron chi connectivity index (χ0n) is 7.00. The highest BCUT2D eigenvalue weighted by Crippen LogP contribution is 2.26. The summed E-state index contributed by atoms with van der Waals surface area (Å²) in [6, 6.07) is 5.07. The summed E-state index contributed by atoms with van der Waals surface area (Å²) in [5, 5.41) is 10.5. The van der Waals surface area contributed by atoms with Gasteiger partial charge in [-0.15, -0.1) is 0 Å². The van der Waals surface area contributed by atoms with Crippen LogP contribution < -0.4 is 5.73 Å². The first-order valence-electron chi connectivity index (χ1n) is 3.98. The van der Waals surface area contributed by atoms with Gasteiger partial charge in [-0.3, -0.25) is 0 Å². The summed E-state index contributed by atoms with van der Waals surface area (Å²) >= 11 is 11.5. The van der Waals surface area contributed by atoms with Crippen molar-refractivity contribution in [3.63, 3.8) is 0 Å². The third kappa shape index (κ3) is 2.85. The highest BCUT2D eigenvalue weighted by molar-refractivity contribution is 6.42. The van der Waals surface area contributed by atoms with Crippen LogP contribution in [0.1, 0.15) is 18.1 Å². The predicted octanol–water partition coefficient (Wildman–Crippen LogP) is 2.38. The number of aliphatic hydroxyl groups is 1. The first kappa shape index (κ1) is 10.8. The predicted molar refractivity (Wildman–Crippen MR) is 55.1 cm³/mol. The molecule has 0 aliphatic heterocycles. The Balaban J connectivity index is 2.84. The van der Waals surface area contributed by atoms with E-state index in [-0.39, 0.29) is 0 Å². The number of halogens is 2. The maximum Gasteiger partial charge on any atom is 0.0802 e.